The van der Waals surface area contributed by atoms with Gasteiger partial charge in [-0.1, -0.05) is 0 Å². The fourth-order valence-electron chi connectivity index (χ4n) is 4.39. The molecule has 3 amide bonds. The molecule has 2 saturated heterocycles. The van der Waals surface area contributed by atoms with E-state index in [2.05, 4.69) is 16.0 Å². The molecule has 3 N–H and O–H groups in total. The van der Waals surface area contributed by atoms with Crippen molar-refractivity contribution >= 4 is 17.9 Å². The number of nitrogens with one attached hydrogen (secondary N) is 3. The first kappa shape index (κ1) is 28.4. The van der Waals surface area contributed by atoms with Crippen molar-refractivity contribution in [2.75, 3.05) is 46.5 Å². The minimum atomic E-state index is -4.59. The minimum Gasteiger partial charge on any atom is -0.497 e. The number of amides is 3. The highest BCUT2D eigenvalue weighted by Crippen LogP contribution is 2.28. The van der Waals surface area contributed by atoms with Gasteiger partial charge in [-0.3, -0.25) is 9.59 Å². The number of carbonyl (C=O) groups excluding carboxylic acids is 3. The number of likely N-dealkylation sites (tertiary alicyclic amines) is 1. The number of hydrogen-bond donors (Lipinski definition) is 3. The van der Waals surface area contributed by atoms with Crippen molar-refractivity contribution in [2.45, 2.75) is 50.4 Å². The summed E-state index contributed by atoms with van der Waals surface area (Å²) < 4.78 is 53.3. The van der Waals surface area contributed by atoms with E-state index in [1.807, 2.05) is 0 Å². The molecule has 1 aromatic carbocycles. The van der Waals surface area contributed by atoms with Gasteiger partial charge in [0.05, 0.1) is 19.3 Å². The van der Waals surface area contributed by atoms with Gasteiger partial charge in [-0.15, -0.1) is 0 Å². The molecule has 1 aromatic rings. The summed E-state index contributed by atoms with van der Waals surface area (Å²) >= 11 is 0. The molecule has 0 saturated carbocycles. The lowest BCUT2D eigenvalue weighted by atomic mass is 9.86. The van der Waals surface area contributed by atoms with Crippen LogP contribution in [0.4, 0.5) is 18.0 Å². The summed E-state index contributed by atoms with van der Waals surface area (Å²) in [6, 6.07) is 3.69. The van der Waals surface area contributed by atoms with Gasteiger partial charge in [0.2, 0.25) is 5.91 Å². The Morgan fingerprint density at radius 1 is 1.16 bits per heavy atom. The minimum absolute atomic E-state index is 0.169. The number of hydrogen-bond acceptors (Lipinski definition) is 7. The lowest BCUT2D eigenvalue weighted by Gasteiger charge is -2.39. The van der Waals surface area contributed by atoms with E-state index < -0.39 is 30.3 Å². The van der Waals surface area contributed by atoms with Crippen LogP contribution in [-0.4, -0.2) is 87.1 Å². The van der Waals surface area contributed by atoms with E-state index in [9.17, 15) is 27.6 Å². The average molecular weight is 531 g/mol. The molecule has 0 radical (unpaired) electrons. The average Bonchev–Trinajstić information content (AvgIpc) is 2.88. The first-order valence-electron chi connectivity index (χ1n) is 12.2. The van der Waals surface area contributed by atoms with E-state index in [0.717, 1.165) is 0 Å². The Kier molecular flexibility index (Phi) is 9.46. The van der Waals surface area contributed by atoms with Crippen LogP contribution in [0.3, 0.4) is 0 Å². The van der Waals surface area contributed by atoms with Gasteiger partial charge in [-0.2, -0.15) is 13.2 Å². The largest absolute Gasteiger partial charge is 0.497 e. The van der Waals surface area contributed by atoms with Crippen molar-refractivity contribution < 1.29 is 41.8 Å². The normalized spacial score (nSPS) is 18.0. The molecule has 2 heterocycles. The van der Waals surface area contributed by atoms with E-state index in [1.54, 1.807) is 11.8 Å². The third kappa shape index (κ3) is 7.63. The van der Waals surface area contributed by atoms with Crippen LogP contribution in [0, 0.1) is 0 Å². The van der Waals surface area contributed by atoms with Gasteiger partial charge in [0, 0.05) is 19.1 Å². The van der Waals surface area contributed by atoms with E-state index in [-0.39, 0.29) is 48.5 Å². The monoisotopic (exact) mass is 530 g/mol. The third-order valence-corrected chi connectivity index (χ3v) is 6.42. The number of methoxy groups -OCH3 is 1. The molecule has 2 aliphatic rings. The van der Waals surface area contributed by atoms with Crippen LogP contribution < -0.4 is 25.4 Å². The van der Waals surface area contributed by atoms with Gasteiger partial charge in [0.1, 0.15) is 17.0 Å². The standard InChI is InChI=1S/C24H33F3N4O6/c1-3-36-22(34)31-12-6-16(7-13-31)29-21(33)23(8-10-28-11-9-23)30-20(32)18-14-17(35-2)4-5-19(18)37-15-24(25,26)27/h4-5,14,16,28H,3,6-13,15H2,1-2H3,(H,29,33)(H,30,32). The number of benzene rings is 1. The van der Waals surface area contributed by atoms with E-state index in [0.29, 0.717) is 39.0 Å². The summed E-state index contributed by atoms with van der Waals surface area (Å²) in [5.74, 6) is -1.14. The first-order valence-corrected chi connectivity index (χ1v) is 12.2. The Balaban J connectivity index is 1.73. The fraction of sp³-hybridized carbons (Fsp3) is 0.625. The molecule has 206 valence electrons. The SMILES string of the molecule is CCOC(=O)N1CCC(NC(=O)C2(NC(=O)c3cc(OC)ccc3OCC(F)(F)F)CCNCC2)CC1. The maximum absolute atomic E-state index is 13.5. The maximum Gasteiger partial charge on any atom is 0.422 e. The molecule has 0 bridgehead atoms. The summed E-state index contributed by atoms with van der Waals surface area (Å²) in [7, 11) is 1.36. The quantitative estimate of drug-likeness (QED) is 0.472. The molecule has 13 heteroatoms. The number of nitrogens with zero attached hydrogens (tertiary/aromatic N) is 1. The van der Waals surface area contributed by atoms with Crippen LogP contribution in [-0.2, 0) is 9.53 Å². The molecule has 2 fully saturated rings. The number of piperidine rings is 2. The highest BCUT2D eigenvalue weighted by atomic mass is 19.4. The van der Waals surface area contributed by atoms with Gasteiger partial charge >= 0.3 is 12.3 Å². The van der Waals surface area contributed by atoms with Crippen molar-refractivity contribution in [3.63, 3.8) is 0 Å². The number of carbonyl (C=O) groups is 3. The lowest BCUT2D eigenvalue weighted by Crippen LogP contribution is -2.64. The first-order chi connectivity index (χ1) is 17.6. The van der Waals surface area contributed by atoms with Crippen molar-refractivity contribution in [2.24, 2.45) is 0 Å². The predicted octanol–water partition coefficient (Wildman–Crippen LogP) is 2.23. The number of halogens is 3. The third-order valence-electron chi connectivity index (χ3n) is 6.42. The highest BCUT2D eigenvalue weighted by Gasteiger charge is 2.42. The molecule has 0 spiro atoms. The zero-order chi connectivity index (χ0) is 27.1. The topological polar surface area (TPSA) is 118 Å². The maximum atomic E-state index is 13.5. The van der Waals surface area contributed by atoms with Gasteiger partial charge in [-0.05, 0) is 63.9 Å². The van der Waals surface area contributed by atoms with E-state index in [1.165, 1.54) is 25.3 Å². The summed E-state index contributed by atoms with van der Waals surface area (Å²) in [4.78, 5) is 40.3. The van der Waals surface area contributed by atoms with Crippen molar-refractivity contribution in [3.8, 4) is 11.5 Å². The van der Waals surface area contributed by atoms with Crippen LogP contribution in [0.5, 0.6) is 11.5 Å². The van der Waals surface area contributed by atoms with E-state index >= 15 is 0 Å². The smallest absolute Gasteiger partial charge is 0.422 e. The number of ether oxygens (including phenoxy) is 3. The molecule has 0 atom stereocenters. The van der Waals surface area contributed by atoms with Crippen molar-refractivity contribution in [1.82, 2.24) is 20.9 Å². The zero-order valence-corrected chi connectivity index (χ0v) is 20.9. The molecular weight excluding hydrogens is 497 g/mol. The summed E-state index contributed by atoms with van der Waals surface area (Å²) in [6.45, 7) is 2.22. The summed E-state index contributed by atoms with van der Waals surface area (Å²) in [6.07, 6.45) is -3.36. The Morgan fingerprint density at radius 2 is 1.84 bits per heavy atom. The van der Waals surface area contributed by atoms with Gasteiger partial charge < -0.3 is 35.1 Å². The molecule has 3 rings (SSSR count). The molecule has 0 aromatic heterocycles. The zero-order valence-electron chi connectivity index (χ0n) is 20.9. The molecule has 37 heavy (non-hydrogen) atoms. The fourth-order valence-corrected chi connectivity index (χ4v) is 4.39. The molecule has 0 aliphatic carbocycles. The highest BCUT2D eigenvalue weighted by molar-refractivity contribution is 6.01. The van der Waals surface area contributed by atoms with Crippen LogP contribution in [0.1, 0.15) is 43.0 Å². The van der Waals surface area contributed by atoms with Gasteiger partial charge in [0.25, 0.3) is 5.91 Å². The Bertz CT molecular complexity index is 960. The summed E-state index contributed by atoms with van der Waals surface area (Å²) in [5.41, 5.74) is -1.44. The second kappa shape index (κ2) is 12.3. The predicted molar refractivity (Wildman–Crippen MR) is 127 cm³/mol. The van der Waals surface area contributed by atoms with Crippen LogP contribution >= 0.6 is 0 Å². The van der Waals surface area contributed by atoms with Gasteiger partial charge in [0.15, 0.2) is 6.61 Å². The second-order valence-corrected chi connectivity index (χ2v) is 8.99. The Morgan fingerprint density at radius 3 is 2.43 bits per heavy atom. The van der Waals surface area contributed by atoms with Crippen molar-refractivity contribution in [1.29, 1.82) is 0 Å². The molecular formula is C24H33F3N4O6. The summed E-state index contributed by atoms with van der Waals surface area (Å²) in [5, 5.41) is 8.92. The second-order valence-electron chi connectivity index (χ2n) is 8.99. The van der Waals surface area contributed by atoms with Crippen LogP contribution in [0.2, 0.25) is 0 Å². The number of alkyl halides is 3. The van der Waals surface area contributed by atoms with Crippen LogP contribution in [0.15, 0.2) is 18.2 Å². The molecule has 2 aliphatic heterocycles. The Labute approximate surface area is 213 Å². The molecule has 10 nitrogen and oxygen atoms in total. The lowest BCUT2D eigenvalue weighted by molar-refractivity contribution is -0.153. The number of rotatable bonds is 8. The molecule has 0 unspecified atom stereocenters. The van der Waals surface area contributed by atoms with Crippen LogP contribution in [0.25, 0.3) is 0 Å². The van der Waals surface area contributed by atoms with Crippen molar-refractivity contribution in [3.05, 3.63) is 23.8 Å². The van der Waals surface area contributed by atoms with E-state index in [4.69, 9.17) is 14.2 Å². The van der Waals surface area contributed by atoms with Gasteiger partial charge in [-0.25, -0.2) is 4.79 Å². The Hall–Kier alpha value is -3.22.